The SMILES string of the molecule is Cc1cc(CCl)nc(-c2cc(F)cc(Br)c2)n1. The van der Waals surface area contributed by atoms with E-state index in [2.05, 4.69) is 25.9 Å². The molecule has 0 atom stereocenters. The van der Waals surface area contributed by atoms with Crippen molar-refractivity contribution in [2.75, 3.05) is 0 Å². The zero-order chi connectivity index (χ0) is 12.4. The van der Waals surface area contributed by atoms with Crippen LogP contribution in [-0.2, 0) is 5.88 Å². The molecule has 17 heavy (non-hydrogen) atoms. The van der Waals surface area contributed by atoms with Gasteiger partial charge in [-0.2, -0.15) is 0 Å². The summed E-state index contributed by atoms with van der Waals surface area (Å²) in [6.07, 6.45) is 0. The van der Waals surface area contributed by atoms with Gasteiger partial charge in [0.05, 0.1) is 11.6 Å². The van der Waals surface area contributed by atoms with Gasteiger partial charge in [-0.05, 0) is 31.2 Å². The minimum Gasteiger partial charge on any atom is -0.233 e. The molecule has 0 aliphatic carbocycles. The molecule has 88 valence electrons. The first-order chi connectivity index (χ1) is 8.08. The molecule has 0 spiro atoms. The van der Waals surface area contributed by atoms with E-state index >= 15 is 0 Å². The molecule has 0 amide bonds. The van der Waals surface area contributed by atoms with Crippen LogP contribution in [0.25, 0.3) is 11.4 Å². The Balaban J connectivity index is 2.55. The molecule has 0 saturated carbocycles. The maximum absolute atomic E-state index is 13.3. The first-order valence-corrected chi connectivity index (χ1v) is 6.28. The summed E-state index contributed by atoms with van der Waals surface area (Å²) in [5.41, 5.74) is 2.17. The average molecular weight is 316 g/mol. The van der Waals surface area contributed by atoms with Crippen LogP contribution < -0.4 is 0 Å². The normalized spacial score (nSPS) is 10.6. The van der Waals surface area contributed by atoms with E-state index in [0.717, 1.165) is 11.4 Å². The highest BCUT2D eigenvalue weighted by Gasteiger charge is 2.07. The molecule has 1 aromatic carbocycles. The Morgan fingerprint density at radius 1 is 1.24 bits per heavy atom. The lowest BCUT2D eigenvalue weighted by Crippen LogP contribution is -1.96. The Kier molecular flexibility index (Phi) is 3.74. The molecule has 0 N–H and O–H groups in total. The summed E-state index contributed by atoms with van der Waals surface area (Å²) in [5.74, 6) is 0.472. The molecule has 0 saturated heterocycles. The predicted octanol–water partition coefficient (Wildman–Crippen LogP) is 4.09. The molecule has 2 aromatic rings. The van der Waals surface area contributed by atoms with Crippen LogP contribution in [-0.4, -0.2) is 9.97 Å². The first kappa shape index (κ1) is 12.5. The van der Waals surface area contributed by atoms with E-state index in [0.29, 0.717) is 21.7 Å². The number of aryl methyl sites for hydroxylation is 1. The Labute approximate surface area is 112 Å². The number of aromatic nitrogens is 2. The number of rotatable bonds is 2. The lowest BCUT2D eigenvalue weighted by molar-refractivity contribution is 0.627. The van der Waals surface area contributed by atoms with E-state index < -0.39 is 0 Å². The minimum absolute atomic E-state index is 0.312. The largest absolute Gasteiger partial charge is 0.233 e. The molecule has 0 fully saturated rings. The van der Waals surface area contributed by atoms with Crippen molar-refractivity contribution in [1.82, 2.24) is 9.97 Å². The van der Waals surface area contributed by atoms with E-state index in [-0.39, 0.29) is 5.82 Å². The van der Waals surface area contributed by atoms with Gasteiger partial charge in [0.25, 0.3) is 0 Å². The highest BCUT2D eigenvalue weighted by molar-refractivity contribution is 9.10. The number of halogens is 3. The number of hydrogen-bond acceptors (Lipinski definition) is 2. The zero-order valence-electron chi connectivity index (χ0n) is 9.04. The van der Waals surface area contributed by atoms with Crippen molar-refractivity contribution in [2.24, 2.45) is 0 Å². The van der Waals surface area contributed by atoms with Crippen LogP contribution >= 0.6 is 27.5 Å². The summed E-state index contributed by atoms with van der Waals surface area (Å²) < 4.78 is 13.9. The maximum Gasteiger partial charge on any atom is 0.159 e. The fourth-order valence-electron chi connectivity index (χ4n) is 1.51. The Morgan fingerprint density at radius 2 is 2.00 bits per heavy atom. The molecule has 0 radical (unpaired) electrons. The average Bonchev–Trinajstić information content (AvgIpc) is 2.26. The van der Waals surface area contributed by atoms with Gasteiger partial charge in [-0.15, -0.1) is 11.6 Å². The van der Waals surface area contributed by atoms with Crippen LogP contribution in [0.3, 0.4) is 0 Å². The lowest BCUT2D eigenvalue weighted by Gasteiger charge is -2.05. The summed E-state index contributed by atoms with van der Waals surface area (Å²) in [5, 5.41) is 0. The van der Waals surface area contributed by atoms with Crippen LogP contribution in [0.1, 0.15) is 11.4 Å². The Morgan fingerprint density at radius 3 is 2.65 bits per heavy atom. The molecular weight excluding hydrogens is 307 g/mol. The van der Waals surface area contributed by atoms with Gasteiger partial charge >= 0.3 is 0 Å². The highest BCUT2D eigenvalue weighted by Crippen LogP contribution is 2.22. The smallest absolute Gasteiger partial charge is 0.159 e. The predicted molar refractivity (Wildman–Crippen MR) is 69.4 cm³/mol. The molecule has 1 heterocycles. The second-order valence-corrected chi connectivity index (χ2v) is 4.80. The Hall–Kier alpha value is -1.00. The third-order valence-electron chi connectivity index (χ3n) is 2.16. The van der Waals surface area contributed by atoms with Gasteiger partial charge < -0.3 is 0 Å². The molecule has 0 bridgehead atoms. The van der Waals surface area contributed by atoms with Gasteiger partial charge in [-0.1, -0.05) is 15.9 Å². The zero-order valence-corrected chi connectivity index (χ0v) is 11.4. The molecular formula is C12H9BrClFN2. The van der Waals surface area contributed by atoms with Crippen LogP contribution in [0.15, 0.2) is 28.7 Å². The molecule has 0 aliphatic rings. The van der Waals surface area contributed by atoms with E-state index in [4.69, 9.17) is 11.6 Å². The number of benzene rings is 1. The molecule has 2 rings (SSSR count). The summed E-state index contributed by atoms with van der Waals surface area (Å²) in [6, 6.07) is 6.38. The van der Waals surface area contributed by atoms with Gasteiger partial charge in [0.15, 0.2) is 5.82 Å². The van der Waals surface area contributed by atoms with Crippen molar-refractivity contribution < 1.29 is 4.39 Å². The number of hydrogen-bond donors (Lipinski definition) is 0. The van der Waals surface area contributed by atoms with Crippen molar-refractivity contribution in [2.45, 2.75) is 12.8 Å². The van der Waals surface area contributed by atoms with Crippen LogP contribution in [0, 0.1) is 12.7 Å². The fourth-order valence-corrected chi connectivity index (χ4v) is 2.12. The minimum atomic E-state index is -0.327. The van der Waals surface area contributed by atoms with Crippen molar-refractivity contribution in [1.29, 1.82) is 0 Å². The quantitative estimate of drug-likeness (QED) is 0.780. The second-order valence-electron chi connectivity index (χ2n) is 3.62. The molecule has 5 heteroatoms. The summed E-state index contributed by atoms with van der Waals surface area (Å²) in [4.78, 5) is 8.55. The van der Waals surface area contributed by atoms with Gasteiger partial charge in [0.1, 0.15) is 5.82 Å². The summed E-state index contributed by atoms with van der Waals surface area (Å²) >= 11 is 8.99. The van der Waals surface area contributed by atoms with E-state index in [1.54, 1.807) is 6.07 Å². The third kappa shape index (κ3) is 3.01. The van der Waals surface area contributed by atoms with E-state index in [9.17, 15) is 4.39 Å². The van der Waals surface area contributed by atoms with Gasteiger partial charge in [0.2, 0.25) is 0 Å². The standard InChI is InChI=1S/C12H9BrClFN2/c1-7-2-11(6-14)17-12(16-7)8-3-9(13)5-10(15)4-8/h2-5H,6H2,1H3. The number of nitrogens with zero attached hydrogens (tertiary/aromatic N) is 2. The van der Waals surface area contributed by atoms with Crippen LogP contribution in [0.4, 0.5) is 4.39 Å². The molecule has 0 aliphatic heterocycles. The number of alkyl halides is 1. The second kappa shape index (κ2) is 5.10. The lowest BCUT2D eigenvalue weighted by atomic mass is 10.2. The first-order valence-electron chi connectivity index (χ1n) is 4.95. The maximum atomic E-state index is 13.3. The topological polar surface area (TPSA) is 25.8 Å². The summed E-state index contributed by atoms with van der Waals surface area (Å²) in [7, 11) is 0. The van der Waals surface area contributed by atoms with Gasteiger partial charge in [-0.25, -0.2) is 14.4 Å². The molecule has 0 unspecified atom stereocenters. The van der Waals surface area contributed by atoms with Crippen molar-refractivity contribution in [3.05, 3.63) is 45.9 Å². The van der Waals surface area contributed by atoms with Gasteiger partial charge in [-0.3, -0.25) is 0 Å². The highest BCUT2D eigenvalue weighted by atomic mass is 79.9. The molecule has 2 nitrogen and oxygen atoms in total. The van der Waals surface area contributed by atoms with E-state index in [1.807, 2.05) is 13.0 Å². The van der Waals surface area contributed by atoms with Crippen LogP contribution in [0.2, 0.25) is 0 Å². The van der Waals surface area contributed by atoms with Crippen molar-refractivity contribution in [3.8, 4) is 11.4 Å². The monoisotopic (exact) mass is 314 g/mol. The van der Waals surface area contributed by atoms with Crippen molar-refractivity contribution in [3.63, 3.8) is 0 Å². The molecule has 1 aromatic heterocycles. The summed E-state index contributed by atoms with van der Waals surface area (Å²) in [6.45, 7) is 1.86. The third-order valence-corrected chi connectivity index (χ3v) is 2.90. The van der Waals surface area contributed by atoms with Crippen molar-refractivity contribution >= 4 is 27.5 Å². The van der Waals surface area contributed by atoms with E-state index in [1.165, 1.54) is 12.1 Å². The fraction of sp³-hybridized carbons (Fsp3) is 0.167. The van der Waals surface area contributed by atoms with Gasteiger partial charge in [0, 0.05) is 15.7 Å². The van der Waals surface area contributed by atoms with Crippen LogP contribution in [0.5, 0.6) is 0 Å². The Bertz CT molecular complexity index is 540.